The van der Waals surface area contributed by atoms with Gasteiger partial charge >= 0.3 is 0 Å². The van der Waals surface area contributed by atoms with Gasteiger partial charge in [-0.2, -0.15) is 0 Å². The fourth-order valence-corrected chi connectivity index (χ4v) is 11.0. The van der Waals surface area contributed by atoms with E-state index < -0.39 is 5.41 Å². The third-order valence-electron chi connectivity index (χ3n) is 11.9. The van der Waals surface area contributed by atoms with Crippen LogP contribution in [0.5, 0.6) is 0 Å². The lowest BCUT2D eigenvalue weighted by molar-refractivity contribution is 0.773. The molecule has 1 spiro atoms. The highest BCUT2D eigenvalue weighted by Crippen LogP contribution is 2.63. The largest absolute Gasteiger partial charge is 0.0888 e. The molecule has 1 heteroatoms. The van der Waals surface area contributed by atoms with Gasteiger partial charge in [0.15, 0.2) is 0 Å². The Morgan fingerprint density at radius 2 is 0.865 bits per heavy atom. The predicted octanol–water partition coefficient (Wildman–Crippen LogP) is 13.8. The Morgan fingerprint density at radius 1 is 0.308 bits per heavy atom. The highest BCUT2D eigenvalue weighted by atomic mass is 32.2. The van der Waals surface area contributed by atoms with Crippen molar-refractivity contribution in [2.45, 2.75) is 15.2 Å². The molecule has 0 radical (unpaired) electrons. The molecule has 0 nitrogen and oxygen atoms in total. The average Bonchev–Trinajstić information content (AvgIpc) is 3.51. The van der Waals surface area contributed by atoms with Crippen LogP contribution in [0.15, 0.2) is 192 Å². The van der Waals surface area contributed by atoms with Crippen molar-refractivity contribution in [3.05, 3.63) is 204 Å². The van der Waals surface area contributed by atoms with Crippen molar-refractivity contribution in [3.63, 3.8) is 0 Å². The van der Waals surface area contributed by atoms with Crippen molar-refractivity contribution in [3.8, 4) is 55.6 Å². The first kappa shape index (κ1) is 28.5. The van der Waals surface area contributed by atoms with Crippen molar-refractivity contribution in [2.75, 3.05) is 0 Å². The molecule has 1 atom stereocenters. The summed E-state index contributed by atoms with van der Waals surface area (Å²) in [5, 5.41) is 5.33. The summed E-state index contributed by atoms with van der Waals surface area (Å²) < 4.78 is 0. The minimum Gasteiger partial charge on any atom is -0.0888 e. The van der Waals surface area contributed by atoms with Crippen LogP contribution < -0.4 is 0 Å². The van der Waals surface area contributed by atoms with E-state index in [1.807, 2.05) is 11.8 Å². The lowest BCUT2D eigenvalue weighted by atomic mass is 9.61. The monoisotopic (exact) mass is 674 g/mol. The van der Waals surface area contributed by atoms with E-state index in [1.165, 1.54) is 109 Å². The van der Waals surface area contributed by atoms with Crippen molar-refractivity contribution in [2.24, 2.45) is 0 Å². The molecule has 0 N–H and O–H groups in total. The highest BCUT2D eigenvalue weighted by Gasteiger charge is 2.50. The Bertz CT molecular complexity index is 2980. The first-order chi connectivity index (χ1) is 25.8. The molecule has 1 unspecified atom stereocenters. The Morgan fingerprint density at radius 3 is 1.69 bits per heavy atom. The Balaban J connectivity index is 1.06. The lowest BCUT2D eigenvalue weighted by Crippen LogP contribution is -2.31. The minimum atomic E-state index is -0.410. The number of hydrogen-bond donors (Lipinski definition) is 0. The Labute approximate surface area is 307 Å². The van der Waals surface area contributed by atoms with E-state index in [0.717, 1.165) is 0 Å². The zero-order chi connectivity index (χ0) is 34.0. The third-order valence-corrected chi connectivity index (χ3v) is 13.0. The molecule has 240 valence electrons. The van der Waals surface area contributed by atoms with Crippen molar-refractivity contribution < 1.29 is 0 Å². The molecule has 0 bridgehead atoms. The highest BCUT2D eigenvalue weighted by molar-refractivity contribution is 7.99. The first-order valence-electron chi connectivity index (χ1n) is 18.1. The predicted molar refractivity (Wildman–Crippen MR) is 218 cm³/mol. The number of rotatable bonds is 2. The SMILES string of the molecule is c1ccc2c(c1)Sc1ccc(-c3ccc(-c4cccc5c4-c4ccccc4C54c5ccccc5-c5cccc6cccc4c56)cc3)c3cccc-2c13. The van der Waals surface area contributed by atoms with Crippen LogP contribution in [-0.2, 0) is 5.41 Å². The van der Waals surface area contributed by atoms with Gasteiger partial charge in [-0.05, 0) is 106 Å². The van der Waals surface area contributed by atoms with Gasteiger partial charge in [-0.25, -0.2) is 0 Å². The molecular weight excluding hydrogens is 645 g/mol. The van der Waals surface area contributed by atoms with E-state index in [4.69, 9.17) is 0 Å². The summed E-state index contributed by atoms with van der Waals surface area (Å²) in [7, 11) is 0. The maximum atomic E-state index is 2.39. The molecule has 0 saturated carbocycles. The third kappa shape index (κ3) is 3.59. The summed E-state index contributed by atoms with van der Waals surface area (Å²) in [6.45, 7) is 0. The van der Waals surface area contributed by atoms with Crippen LogP contribution in [0, 0.1) is 0 Å². The van der Waals surface area contributed by atoms with Gasteiger partial charge < -0.3 is 0 Å². The number of hydrogen-bond acceptors (Lipinski definition) is 1. The van der Waals surface area contributed by atoms with Gasteiger partial charge in [0.05, 0.1) is 5.41 Å². The molecule has 2 aliphatic carbocycles. The standard InChI is InChI=1S/C51H30S/c1-4-20-42-36(13-1)39-17-7-11-33-12-8-22-44(48(33)39)51(42)43-21-5-2-15-41(43)49-35(16-10-23-45(49)51)32-27-25-31(26-28-32)34-29-30-47-50-38(34)18-9-19-40(50)37-14-3-6-24-46(37)52-47/h1-30H. The van der Waals surface area contributed by atoms with Crippen LogP contribution in [0.1, 0.15) is 22.3 Å². The van der Waals surface area contributed by atoms with Gasteiger partial charge in [-0.15, -0.1) is 0 Å². The molecule has 9 aromatic carbocycles. The molecule has 12 rings (SSSR count). The average molecular weight is 675 g/mol. The molecule has 1 heterocycles. The van der Waals surface area contributed by atoms with Crippen molar-refractivity contribution in [1.82, 2.24) is 0 Å². The van der Waals surface area contributed by atoms with E-state index in [1.54, 1.807) is 0 Å². The Kier molecular flexibility index (Phi) is 5.73. The maximum Gasteiger partial charge on any atom is 0.0725 e. The molecule has 0 aromatic heterocycles. The second kappa shape index (κ2) is 10.4. The smallest absolute Gasteiger partial charge is 0.0725 e. The molecule has 1 aliphatic heterocycles. The minimum absolute atomic E-state index is 0.410. The normalized spacial score (nSPS) is 15.7. The van der Waals surface area contributed by atoms with E-state index in [2.05, 4.69) is 182 Å². The fraction of sp³-hybridized carbons (Fsp3) is 0.0196. The second-order valence-electron chi connectivity index (χ2n) is 14.3. The van der Waals surface area contributed by atoms with Gasteiger partial charge in [-0.1, -0.05) is 182 Å². The first-order valence-corrected chi connectivity index (χ1v) is 18.9. The van der Waals surface area contributed by atoms with Crippen LogP contribution in [0.4, 0.5) is 0 Å². The summed E-state index contributed by atoms with van der Waals surface area (Å²) >= 11 is 1.88. The van der Waals surface area contributed by atoms with Crippen molar-refractivity contribution in [1.29, 1.82) is 0 Å². The van der Waals surface area contributed by atoms with Gasteiger partial charge in [0.25, 0.3) is 0 Å². The lowest BCUT2D eigenvalue weighted by Gasteiger charge is -2.40. The maximum absolute atomic E-state index is 2.39. The quantitative estimate of drug-likeness (QED) is 0.176. The van der Waals surface area contributed by atoms with E-state index in [0.29, 0.717) is 0 Å². The summed E-state index contributed by atoms with van der Waals surface area (Å²) in [6, 6.07) is 68.5. The van der Waals surface area contributed by atoms with Crippen molar-refractivity contribution >= 4 is 33.3 Å². The summed E-state index contributed by atoms with van der Waals surface area (Å²) in [4.78, 5) is 2.66. The summed E-state index contributed by atoms with van der Waals surface area (Å²) in [5.41, 5.74) is 18.1. The van der Waals surface area contributed by atoms with E-state index in [-0.39, 0.29) is 0 Å². The zero-order valence-corrected chi connectivity index (χ0v) is 29.0. The summed E-state index contributed by atoms with van der Waals surface area (Å²) in [6.07, 6.45) is 0. The van der Waals surface area contributed by atoms with Crippen LogP contribution in [-0.4, -0.2) is 0 Å². The molecule has 0 amide bonds. The van der Waals surface area contributed by atoms with Gasteiger partial charge in [0, 0.05) is 15.2 Å². The Hall–Kier alpha value is -6.15. The number of fused-ring (bicyclic) bond motifs is 11. The van der Waals surface area contributed by atoms with E-state index >= 15 is 0 Å². The zero-order valence-electron chi connectivity index (χ0n) is 28.2. The second-order valence-corrected chi connectivity index (χ2v) is 15.4. The molecule has 3 aliphatic rings. The van der Waals surface area contributed by atoms with Crippen LogP contribution in [0.25, 0.3) is 77.2 Å². The molecule has 0 saturated heterocycles. The van der Waals surface area contributed by atoms with Crippen LogP contribution >= 0.6 is 11.8 Å². The van der Waals surface area contributed by atoms with Gasteiger partial charge in [0.2, 0.25) is 0 Å². The van der Waals surface area contributed by atoms with Gasteiger partial charge in [-0.3, -0.25) is 0 Å². The molecular formula is C51H30S. The fourth-order valence-electron chi connectivity index (χ4n) is 9.88. The summed E-state index contributed by atoms with van der Waals surface area (Å²) in [5.74, 6) is 0. The molecule has 52 heavy (non-hydrogen) atoms. The molecule has 0 fully saturated rings. The topological polar surface area (TPSA) is 0 Å². The van der Waals surface area contributed by atoms with E-state index in [9.17, 15) is 0 Å². The van der Waals surface area contributed by atoms with Crippen LogP contribution in [0.3, 0.4) is 0 Å². The van der Waals surface area contributed by atoms with Crippen LogP contribution in [0.2, 0.25) is 0 Å². The van der Waals surface area contributed by atoms with Gasteiger partial charge in [0.1, 0.15) is 0 Å². The molecule has 9 aromatic rings. The number of benzene rings is 9.